The number of nitrogens with zero attached hydrogens (tertiary/aromatic N) is 5. The number of aliphatic hydroxyl groups excluding tert-OH is 2. The van der Waals surface area contributed by atoms with Crippen LogP contribution in [0.25, 0.3) is 22.1 Å². The van der Waals surface area contributed by atoms with Crippen LogP contribution in [0.2, 0.25) is 0 Å². The number of phosphoric acid groups is 1. The van der Waals surface area contributed by atoms with E-state index in [-0.39, 0.29) is 35.8 Å². The molecule has 1 saturated heterocycles. The van der Waals surface area contributed by atoms with Gasteiger partial charge in [0, 0.05) is 17.5 Å². The fourth-order valence-electron chi connectivity index (χ4n) is 4.04. The van der Waals surface area contributed by atoms with Gasteiger partial charge in [-0.2, -0.15) is 0 Å². The summed E-state index contributed by atoms with van der Waals surface area (Å²) in [5, 5.41) is 31.3. The van der Waals surface area contributed by atoms with E-state index < -0.39 is 39.0 Å². The predicted molar refractivity (Wildman–Crippen MR) is 125 cm³/mol. The van der Waals surface area contributed by atoms with E-state index >= 15 is 0 Å². The zero-order chi connectivity index (χ0) is 25.4. The lowest BCUT2D eigenvalue weighted by Crippen LogP contribution is -2.35. The molecule has 6 N–H and O–H groups in total. The number of imidazole rings is 1. The molecule has 0 saturated carbocycles. The van der Waals surface area contributed by atoms with Crippen LogP contribution in [0.3, 0.4) is 0 Å². The molecular weight excluding hydrogens is 495 g/mol. The first-order chi connectivity index (χ1) is 17.3. The molecule has 190 valence electrons. The number of benzene rings is 1. The number of phosphoric ester groups is 1. The highest BCUT2D eigenvalue weighted by Crippen LogP contribution is 2.48. The number of para-hydroxylation sites is 1. The Morgan fingerprint density at radius 2 is 2.00 bits per heavy atom. The van der Waals surface area contributed by atoms with Crippen LogP contribution < -0.4 is 5.73 Å². The number of phenolic OH excluding ortho intramolecular Hbond substituents is 1. The van der Waals surface area contributed by atoms with E-state index in [2.05, 4.69) is 19.9 Å². The van der Waals surface area contributed by atoms with Gasteiger partial charge in [0.05, 0.1) is 19.5 Å². The van der Waals surface area contributed by atoms with Gasteiger partial charge in [0.2, 0.25) is 0 Å². The van der Waals surface area contributed by atoms with Crippen LogP contribution in [0, 0.1) is 0 Å². The second-order valence-corrected chi connectivity index (χ2v) is 9.50. The van der Waals surface area contributed by atoms with Crippen LogP contribution in [0.15, 0.2) is 43.0 Å². The number of rotatable bonds is 8. The number of pyridine rings is 1. The van der Waals surface area contributed by atoms with Crippen molar-refractivity contribution in [3.8, 4) is 5.75 Å². The number of ether oxygens (including phenoxy) is 1. The minimum atomic E-state index is -4.68. The molecule has 0 amide bonds. The molecule has 3 aromatic heterocycles. The molecule has 1 aromatic carbocycles. The van der Waals surface area contributed by atoms with Gasteiger partial charge < -0.3 is 30.7 Å². The molecule has 1 aliphatic rings. The highest BCUT2D eigenvalue weighted by molar-refractivity contribution is 7.47. The third kappa shape index (κ3) is 4.63. The quantitative estimate of drug-likeness (QED) is 0.203. The monoisotopic (exact) mass is 518 g/mol. The van der Waals surface area contributed by atoms with E-state index in [9.17, 15) is 24.8 Å². The first kappa shape index (κ1) is 24.5. The van der Waals surface area contributed by atoms with E-state index in [1.807, 2.05) is 0 Å². The number of fused-ring (bicyclic) bond motifs is 2. The van der Waals surface area contributed by atoms with Crippen molar-refractivity contribution in [2.75, 3.05) is 18.9 Å². The lowest BCUT2D eigenvalue weighted by Gasteiger charge is -2.22. The Morgan fingerprint density at radius 1 is 1.17 bits per heavy atom. The standard InChI is InChI=1S/C21H23N6O8P/c22-19-16-20(24-9-23-19)27(10-25-16)21-17(30)18(14(8-28)34-21)35-36(31,32)33-7-6-12-5-4-11-2-1-3-13(29)15(11)26-12/h1-5,9-10,14,17-18,21,28-30H,6-8H2,(H,31,32)(H2,22,23,24)/t14-,17-,18-,21-/m1/s1. The van der Waals surface area contributed by atoms with Crippen LogP contribution in [-0.2, 0) is 24.8 Å². The molecular formula is C21H23N6O8P. The summed E-state index contributed by atoms with van der Waals surface area (Å²) in [6, 6.07) is 8.49. The van der Waals surface area contributed by atoms with Gasteiger partial charge in [0.25, 0.3) is 0 Å². The summed E-state index contributed by atoms with van der Waals surface area (Å²) in [5.74, 6) is 0.146. The van der Waals surface area contributed by atoms with Crippen molar-refractivity contribution in [3.63, 3.8) is 0 Å². The number of hydrogen-bond acceptors (Lipinski definition) is 12. The minimum absolute atomic E-state index is 0.0195. The summed E-state index contributed by atoms with van der Waals surface area (Å²) in [7, 11) is -4.68. The summed E-state index contributed by atoms with van der Waals surface area (Å²) in [4.78, 5) is 26.7. The number of aromatic hydroxyl groups is 1. The first-order valence-electron chi connectivity index (χ1n) is 10.9. The van der Waals surface area contributed by atoms with Gasteiger partial charge in [-0.3, -0.25) is 13.6 Å². The number of aliphatic hydroxyl groups is 2. The molecule has 1 fully saturated rings. The van der Waals surface area contributed by atoms with E-state index in [1.54, 1.807) is 24.3 Å². The first-order valence-corrected chi connectivity index (χ1v) is 12.4. The van der Waals surface area contributed by atoms with E-state index in [0.717, 1.165) is 5.39 Å². The van der Waals surface area contributed by atoms with Gasteiger partial charge in [-0.15, -0.1) is 0 Å². The van der Waals surface area contributed by atoms with Gasteiger partial charge in [-0.1, -0.05) is 18.2 Å². The Labute approximate surface area is 203 Å². The third-order valence-corrected chi connectivity index (χ3v) is 6.79. The number of aromatic nitrogens is 5. The van der Waals surface area contributed by atoms with E-state index in [1.165, 1.54) is 23.3 Å². The Bertz CT molecular complexity index is 1450. The van der Waals surface area contributed by atoms with Crippen molar-refractivity contribution >= 4 is 35.7 Å². The molecule has 1 aliphatic heterocycles. The van der Waals surface area contributed by atoms with Gasteiger partial charge >= 0.3 is 7.82 Å². The maximum Gasteiger partial charge on any atom is 0.472 e. The van der Waals surface area contributed by atoms with Gasteiger partial charge in [0.15, 0.2) is 17.7 Å². The van der Waals surface area contributed by atoms with Crippen LogP contribution in [0.5, 0.6) is 5.75 Å². The summed E-state index contributed by atoms with van der Waals surface area (Å²) in [5.41, 5.74) is 7.27. The Balaban J connectivity index is 1.26. The number of phenols is 1. The fourth-order valence-corrected chi connectivity index (χ4v) is 4.99. The molecule has 5 atom stereocenters. The smallest absolute Gasteiger partial charge is 0.472 e. The number of nitrogens with two attached hydrogens (primary N) is 1. The Hall–Kier alpha value is -3.23. The fraction of sp³-hybridized carbons (Fsp3) is 0.333. The normalized spacial score (nSPS) is 23.9. The van der Waals surface area contributed by atoms with Gasteiger partial charge in [0.1, 0.15) is 41.4 Å². The van der Waals surface area contributed by atoms with Gasteiger partial charge in [-0.25, -0.2) is 24.5 Å². The molecule has 0 spiro atoms. The second kappa shape index (κ2) is 9.67. The van der Waals surface area contributed by atoms with E-state index in [4.69, 9.17) is 19.5 Å². The Morgan fingerprint density at radius 3 is 2.81 bits per heavy atom. The highest BCUT2D eigenvalue weighted by atomic mass is 31.2. The number of anilines is 1. The van der Waals surface area contributed by atoms with Crippen molar-refractivity contribution in [3.05, 3.63) is 48.7 Å². The zero-order valence-corrected chi connectivity index (χ0v) is 19.5. The molecule has 0 aliphatic carbocycles. The SMILES string of the molecule is Nc1ncnc2c1ncn2[C@@H]1O[C@H](CO)[C@@H](OP(=O)(O)OCCc2ccc3cccc(O)c3n2)[C@H]1O. The van der Waals surface area contributed by atoms with Crippen molar-refractivity contribution < 1.29 is 38.6 Å². The molecule has 0 bridgehead atoms. The molecule has 36 heavy (non-hydrogen) atoms. The van der Waals surface area contributed by atoms with E-state index in [0.29, 0.717) is 11.2 Å². The largest absolute Gasteiger partial charge is 0.506 e. The lowest BCUT2D eigenvalue weighted by molar-refractivity contribution is -0.0511. The van der Waals surface area contributed by atoms with Crippen LogP contribution >= 0.6 is 7.82 Å². The molecule has 4 heterocycles. The average Bonchev–Trinajstić information content (AvgIpc) is 3.41. The minimum Gasteiger partial charge on any atom is -0.506 e. The predicted octanol–water partition coefficient (Wildman–Crippen LogP) is 0.658. The second-order valence-electron chi connectivity index (χ2n) is 8.09. The number of nitrogen functional groups attached to an aromatic ring is 1. The Kier molecular flexibility index (Phi) is 6.57. The molecule has 15 heteroatoms. The molecule has 0 radical (unpaired) electrons. The zero-order valence-electron chi connectivity index (χ0n) is 18.7. The molecule has 5 rings (SSSR count). The summed E-state index contributed by atoms with van der Waals surface area (Å²) >= 11 is 0. The van der Waals surface area contributed by atoms with Crippen LogP contribution in [-0.4, -0.2) is 76.2 Å². The molecule has 14 nitrogen and oxygen atoms in total. The maximum atomic E-state index is 12.6. The van der Waals surface area contributed by atoms with Crippen LogP contribution in [0.4, 0.5) is 5.82 Å². The molecule has 1 unspecified atom stereocenters. The average molecular weight is 518 g/mol. The topological polar surface area (TPSA) is 208 Å². The maximum absolute atomic E-state index is 12.6. The van der Waals surface area contributed by atoms with Crippen LogP contribution in [0.1, 0.15) is 11.9 Å². The summed E-state index contributed by atoms with van der Waals surface area (Å²) < 4.78 is 30.0. The van der Waals surface area contributed by atoms with Crippen molar-refractivity contribution in [2.45, 2.75) is 31.0 Å². The van der Waals surface area contributed by atoms with Crippen molar-refractivity contribution in [1.29, 1.82) is 0 Å². The van der Waals surface area contributed by atoms with Crippen molar-refractivity contribution in [1.82, 2.24) is 24.5 Å². The number of hydrogen-bond donors (Lipinski definition) is 5. The van der Waals surface area contributed by atoms with Gasteiger partial charge in [-0.05, 0) is 12.1 Å². The third-order valence-electron chi connectivity index (χ3n) is 5.77. The lowest BCUT2D eigenvalue weighted by atomic mass is 10.1. The van der Waals surface area contributed by atoms with Crippen molar-refractivity contribution in [2.24, 2.45) is 0 Å². The summed E-state index contributed by atoms with van der Waals surface area (Å²) in [6.45, 7) is -0.842. The molecule has 4 aromatic rings. The highest BCUT2D eigenvalue weighted by Gasteiger charge is 2.49. The summed E-state index contributed by atoms with van der Waals surface area (Å²) in [6.07, 6.45) is -2.47.